The molecule has 5 heteroatoms. The molecule has 0 aromatic carbocycles. The first-order chi connectivity index (χ1) is 7.19. The number of anilines is 1. The SMILES string of the molecule is C#CCN(CCC)c1ncc(C(=O)O)s1. The largest absolute Gasteiger partial charge is 0.477 e. The topological polar surface area (TPSA) is 53.4 Å². The molecule has 1 aromatic rings. The summed E-state index contributed by atoms with van der Waals surface area (Å²) in [4.78, 5) is 16.8. The molecule has 1 heterocycles. The summed E-state index contributed by atoms with van der Waals surface area (Å²) in [7, 11) is 0. The highest BCUT2D eigenvalue weighted by molar-refractivity contribution is 7.17. The second-order valence-corrected chi connectivity index (χ2v) is 3.95. The highest BCUT2D eigenvalue weighted by atomic mass is 32.1. The number of carboxylic acids is 1. The average molecular weight is 224 g/mol. The van der Waals surface area contributed by atoms with Gasteiger partial charge >= 0.3 is 5.97 Å². The zero-order valence-corrected chi connectivity index (χ0v) is 9.25. The molecule has 4 nitrogen and oxygen atoms in total. The third kappa shape index (κ3) is 2.96. The van der Waals surface area contributed by atoms with Gasteiger partial charge in [0.2, 0.25) is 0 Å². The fourth-order valence-corrected chi connectivity index (χ4v) is 1.91. The fraction of sp³-hybridized carbons (Fsp3) is 0.400. The van der Waals surface area contributed by atoms with E-state index in [0.29, 0.717) is 11.7 Å². The van der Waals surface area contributed by atoms with Crippen molar-refractivity contribution in [2.24, 2.45) is 0 Å². The van der Waals surface area contributed by atoms with Gasteiger partial charge in [-0.1, -0.05) is 24.2 Å². The van der Waals surface area contributed by atoms with Crippen LogP contribution < -0.4 is 4.90 Å². The van der Waals surface area contributed by atoms with Crippen molar-refractivity contribution in [1.82, 2.24) is 4.98 Å². The number of carbonyl (C=O) groups is 1. The predicted molar refractivity (Wildman–Crippen MR) is 60.4 cm³/mol. The molecule has 0 atom stereocenters. The summed E-state index contributed by atoms with van der Waals surface area (Å²) in [6.07, 6.45) is 7.54. The van der Waals surface area contributed by atoms with E-state index in [1.165, 1.54) is 6.20 Å². The number of aromatic nitrogens is 1. The molecule has 0 saturated carbocycles. The number of terminal acetylenes is 1. The molecule has 1 N–H and O–H groups in total. The van der Waals surface area contributed by atoms with Gasteiger partial charge in [0.25, 0.3) is 0 Å². The third-order valence-corrected chi connectivity index (χ3v) is 2.80. The molecule has 0 radical (unpaired) electrons. The third-order valence-electron chi connectivity index (χ3n) is 1.75. The maximum atomic E-state index is 10.7. The minimum atomic E-state index is -0.948. The molecule has 0 aliphatic heterocycles. The molecule has 0 bridgehead atoms. The van der Waals surface area contributed by atoms with Crippen LogP contribution in [0.25, 0.3) is 0 Å². The van der Waals surface area contributed by atoms with Gasteiger partial charge in [-0.3, -0.25) is 0 Å². The number of nitrogens with zero attached hydrogens (tertiary/aromatic N) is 2. The number of hydrogen-bond donors (Lipinski definition) is 1. The predicted octanol–water partition coefficient (Wildman–Crippen LogP) is 1.69. The van der Waals surface area contributed by atoms with Crippen molar-refractivity contribution in [1.29, 1.82) is 0 Å². The zero-order chi connectivity index (χ0) is 11.3. The van der Waals surface area contributed by atoms with E-state index >= 15 is 0 Å². The summed E-state index contributed by atoms with van der Waals surface area (Å²) in [5.41, 5.74) is 0. The van der Waals surface area contributed by atoms with Crippen LogP contribution in [0.1, 0.15) is 23.0 Å². The number of hydrogen-bond acceptors (Lipinski definition) is 4. The van der Waals surface area contributed by atoms with Gasteiger partial charge in [0.15, 0.2) is 5.13 Å². The van der Waals surface area contributed by atoms with Gasteiger partial charge in [-0.25, -0.2) is 9.78 Å². The van der Waals surface area contributed by atoms with Crippen molar-refractivity contribution in [3.8, 4) is 12.3 Å². The Labute approximate surface area is 92.6 Å². The Kier molecular flexibility index (Phi) is 4.13. The number of aromatic carboxylic acids is 1. The van der Waals surface area contributed by atoms with Crippen molar-refractivity contribution in [2.45, 2.75) is 13.3 Å². The van der Waals surface area contributed by atoms with Crippen LogP contribution >= 0.6 is 11.3 Å². The van der Waals surface area contributed by atoms with E-state index in [-0.39, 0.29) is 4.88 Å². The summed E-state index contributed by atoms with van der Waals surface area (Å²) in [5.74, 6) is 1.59. The maximum absolute atomic E-state index is 10.7. The standard InChI is InChI=1S/C10H12N2O2S/c1-3-5-12(6-4-2)10-11-7-8(15-10)9(13)14/h1,7H,4-6H2,2H3,(H,13,14). The highest BCUT2D eigenvalue weighted by Crippen LogP contribution is 2.22. The van der Waals surface area contributed by atoms with Crippen LogP contribution in [-0.4, -0.2) is 29.1 Å². The van der Waals surface area contributed by atoms with Crippen molar-refractivity contribution in [2.75, 3.05) is 18.0 Å². The molecule has 0 amide bonds. The number of thiazole rings is 1. The molecule has 0 aliphatic carbocycles. The highest BCUT2D eigenvalue weighted by Gasteiger charge is 2.12. The summed E-state index contributed by atoms with van der Waals surface area (Å²) < 4.78 is 0. The molecule has 1 rings (SSSR count). The van der Waals surface area contributed by atoms with Gasteiger partial charge in [-0.05, 0) is 6.42 Å². The summed E-state index contributed by atoms with van der Waals surface area (Å²) in [6.45, 7) is 3.28. The Morgan fingerprint density at radius 2 is 2.53 bits per heavy atom. The Balaban J connectivity index is 2.82. The molecule has 0 spiro atoms. The molecule has 80 valence electrons. The van der Waals surface area contributed by atoms with E-state index in [9.17, 15) is 4.79 Å². The molecular weight excluding hydrogens is 212 g/mol. The van der Waals surface area contributed by atoms with Gasteiger partial charge in [0, 0.05) is 6.54 Å². The summed E-state index contributed by atoms with van der Waals surface area (Å²) in [6, 6.07) is 0. The lowest BCUT2D eigenvalue weighted by Crippen LogP contribution is -2.23. The van der Waals surface area contributed by atoms with E-state index in [1.807, 2.05) is 11.8 Å². The zero-order valence-electron chi connectivity index (χ0n) is 8.43. The van der Waals surface area contributed by atoms with Crippen LogP contribution in [0.4, 0.5) is 5.13 Å². The Morgan fingerprint density at radius 1 is 1.80 bits per heavy atom. The van der Waals surface area contributed by atoms with Crippen LogP contribution in [0.5, 0.6) is 0 Å². The van der Waals surface area contributed by atoms with Crippen molar-refractivity contribution < 1.29 is 9.90 Å². The number of rotatable bonds is 5. The molecule has 0 saturated heterocycles. The maximum Gasteiger partial charge on any atom is 0.347 e. The first-order valence-corrected chi connectivity index (χ1v) is 5.38. The average Bonchev–Trinajstić information content (AvgIpc) is 2.66. The van der Waals surface area contributed by atoms with E-state index in [2.05, 4.69) is 10.9 Å². The van der Waals surface area contributed by atoms with Crippen molar-refractivity contribution in [3.05, 3.63) is 11.1 Å². The van der Waals surface area contributed by atoms with Gasteiger partial charge in [0.05, 0.1) is 12.7 Å². The van der Waals surface area contributed by atoms with Gasteiger partial charge in [-0.15, -0.1) is 6.42 Å². The molecule has 15 heavy (non-hydrogen) atoms. The van der Waals surface area contributed by atoms with Gasteiger partial charge < -0.3 is 10.0 Å². The first-order valence-electron chi connectivity index (χ1n) is 4.56. The normalized spacial score (nSPS) is 9.60. The molecule has 1 aromatic heterocycles. The minimum Gasteiger partial charge on any atom is -0.477 e. The van der Waals surface area contributed by atoms with E-state index < -0.39 is 5.97 Å². The Hall–Kier alpha value is -1.54. The smallest absolute Gasteiger partial charge is 0.347 e. The second kappa shape index (κ2) is 5.37. The van der Waals surface area contributed by atoms with E-state index in [0.717, 1.165) is 24.3 Å². The Morgan fingerprint density at radius 3 is 3.00 bits per heavy atom. The van der Waals surface area contributed by atoms with Crippen LogP contribution in [0, 0.1) is 12.3 Å². The molecule has 0 unspecified atom stereocenters. The van der Waals surface area contributed by atoms with Crippen LogP contribution in [0.3, 0.4) is 0 Å². The summed E-state index contributed by atoms with van der Waals surface area (Å²) in [5, 5.41) is 9.42. The quantitative estimate of drug-likeness (QED) is 0.773. The molecular formula is C10H12N2O2S. The van der Waals surface area contributed by atoms with Crippen molar-refractivity contribution >= 4 is 22.4 Å². The molecule has 0 fully saturated rings. The number of carboxylic acid groups (broad SMARTS) is 1. The minimum absolute atomic E-state index is 0.239. The fourth-order valence-electron chi connectivity index (χ4n) is 1.13. The van der Waals surface area contributed by atoms with Crippen LogP contribution in [-0.2, 0) is 0 Å². The van der Waals surface area contributed by atoms with Crippen molar-refractivity contribution in [3.63, 3.8) is 0 Å². The van der Waals surface area contributed by atoms with Crippen LogP contribution in [0.15, 0.2) is 6.20 Å². The first kappa shape index (κ1) is 11.5. The second-order valence-electron chi connectivity index (χ2n) is 2.94. The van der Waals surface area contributed by atoms with E-state index in [4.69, 9.17) is 11.5 Å². The van der Waals surface area contributed by atoms with Gasteiger partial charge in [-0.2, -0.15) is 0 Å². The Bertz CT molecular complexity index is 381. The molecule has 0 aliphatic rings. The summed E-state index contributed by atoms with van der Waals surface area (Å²) >= 11 is 1.15. The van der Waals surface area contributed by atoms with Crippen LogP contribution in [0.2, 0.25) is 0 Å². The van der Waals surface area contributed by atoms with E-state index in [1.54, 1.807) is 0 Å². The monoisotopic (exact) mass is 224 g/mol. The van der Waals surface area contributed by atoms with Gasteiger partial charge in [0.1, 0.15) is 4.88 Å². The lowest BCUT2D eigenvalue weighted by atomic mass is 10.4. The lowest BCUT2D eigenvalue weighted by molar-refractivity contribution is 0.0702. The lowest BCUT2D eigenvalue weighted by Gasteiger charge is -2.17.